The van der Waals surface area contributed by atoms with Crippen LogP contribution in [-0.2, 0) is 51.2 Å². The molecule has 0 bridgehead atoms. The molecule has 12 N–H and O–H groups in total. The molecule has 0 spiro atoms. The highest BCUT2D eigenvalue weighted by molar-refractivity contribution is 7.89. The van der Waals surface area contributed by atoms with Crippen molar-refractivity contribution < 1.29 is 69.4 Å². The van der Waals surface area contributed by atoms with Crippen LogP contribution in [0.5, 0.6) is 0 Å². The molecule has 0 unspecified atom stereocenters. The standard InChI is InChI=1S/2C12H21N3O2S.3H2O4S/c2*1-4-15(8-7-14-18(3,16)17)12-6-5-11(13)9-10(12)2;3*1-5(2,3)4/h2*5-6,9,14H,4,7-8,13H2,1-3H3;3*(H2,1,2,3,4). The minimum atomic E-state index is -4.67. The predicted octanol–water partition coefficient (Wildman–Crippen LogP) is -0.0530. The minimum Gasteiger partial charge on any atom is -0.399 e. The van der Waals surface area contributed by atoms with Crippen LogP contribution in [0, 0.1) is 13.8 Å². The number of benzene rings is 2. The van der Waals surface area contributed by atoms with Crippen molar-refractivity contribution in [1.82, 2.24) is 9.44 Å². The van der Waals surface area contributed by atoms with Crippen molar-refractivity contribution in [3.8, 4) is 0 Å². The summed E-state index contributed by atoms with van der Waals surface area (Å²) in [5, 5.41) is 0. The van der Waals surface area contributed by atoms with Crippen LogP contribution in [0.15, 0.2) is 36.4 Å². The number of nitrogens with two attached hydrogens (primary N) is 2. The quantitative estimate of drug-likeness (QED) is 0.0989. The Morgan fingerprint density at radius 2 is 0.784 bits per heavy atom. The normalized spacial score (nSPS) is 11.5. The topological polar surface area (TPSA) is 375 Å². The molecule has 0 aliphatic rings. The summed E-state index contributed by atoms with van der Waals surface area (Å²) >= 11 is 0. The summed E-state index contributed by atoms with van der Waals surface area (Å²) in [6.07, 6.45) is 2.33. The summed E-state index contributed by atoms with van der Waals surface area (Å²) < 4.78 is 144. The van der Waals surface area contributed by atoms with E-state index in [-0.39, 0.29) is 0 Å². The number of anilines is 4. The van der Waals surface area contributed by atoms with Crippen molar-refractivity contribution >= 4 is 74.0 Å². The molecule has 51 heavy (non-hydrogen) atoms. The molecule has 0 radical (unpaired) electrons. The van der Waals surface area contributed by atoms with E-state index in [1.807, 2.05) is 64.1 Å². The van der Waals surface area contributed by atoms with Gasteiger partial charge in [0, 0.05) is 62.0 Å². The summed E-state index contributed by atoms with van der Waals surface area (Å²) in [7, 11) is -20.2. The minimum absolute atomic E-state index is 0.399. The highest BCUT2D eigenvalue weighted by atomic mass is 32.3. The first-order valence-corrected chi connectivity index (χ1v) is 21.8. The van der Waals surface area contributed by atoms with Gasteiger partial charge < -0.3 is 21.3 Å². The third kappa shape index (κ3) is 39.7. The van der Waals surface area contributed by atoms with Crippen LogP contribution < -0.4 is 30.7 Å². The Hall–Kier alpha value is -2.93. The van der Waals surface area contributed by atoms with Crippen molar-refractivity contribution in [3.05, 3.63) is 47.5 Å². The van der Waals surface area contributed by atoms with Gasteiger partial charge in [0.2, 0.25) is 20.0 Å². The Balaban J connectivity index is -0.000000649. The molecule has 300 valence electrons. The SMILES string of the molecule is CCN(CCNS(C)(=O)=O)c1ccc(N)cc1C.CCN(CCNS(C)(=O)=O)c1ccc(N)cc1C.O=S(=O)(O)O.O=S(=O)(O)O.O=S(=O)(O)O. The highest BCUT2D eigenvalue weighted by Crippen LogP contribution is 2.22. The number of rotatable bonds is 12. The number of likely N-dealkylation sites (N-methyl/N-ethyl adjacent to an activating group) is 2. The average molecular weight is 837 g/mol. The van der Waals surface area contributed by atoms with Crippen LogP contribution >= 0.6 is 0 Å². The first kappa shape index (κ1) is 52.4. The number of nitrogens with zero attached hydrogens (tertiary/aromatic N) is 2. The van der Waals surface area contributed by atoms with Gasteiger partial charge >= 0.3 is 31.2 Å². The lowest BCUT2D eigenvalue weighted by molar-refractivity contribution is 0.378. The lowest BCUT2D eigenvalue weighted by atomic mass is 10.1. The molecule has 2 aromatic carbocycles. The van der Waals surface area contributed by atoms with E-state index in [2.05, 4.69) is 19.2 Å². The molecule has 2 aromatic rings. The molecular formula is C24H48N6O16S5. The zero-order chi connectivity index (χ0) is 41.0. The number of sulfonamides is 2. The van der Waals surface area contributed by atoms with E-state index < -0.39 is 51.2 Å². The molecule has 0 aliphatic carbocycles. The highest BCUT2D eigenvalue weighted by Gasteiger charge is 2.10. The lowest BCUT2D eigenvalue weighted by Gasteiger charge is -2.25. The molecule has 0 atom stereocenters. The van der Waals surface area contributed by atoms with Crippen molar-refractivity contribution in [3.63, 3.8) is 0 Å². The maximum absolute atomic E-state index is 11.0. The summed E-state index contributed by atoms with van der Waals surface area (Å²) in [5.74, 6) is 0. The molecule has 0 heterocycles. The van der Waals surface area contributed by atoms with Gasteiger partial charge in [-0.15, -0.1) is 0 Å². The summed E-state index contributed by atoms with van der Waals surface area (Å²) in [6, 6.07) is 11.5. The van der Waals surface area contributed by atoms with E-state index in [9.17, 15) is 16.8 Å². The molecule has 2 rings (SSSR count). The maximum Gasteiger partial charge on any atom is 0.394 e. The summed E-state index contributed by atoms with van der Waals surface area (Å²) in [4.78, 5) is 4.24. The van der Waals surface area contributed by atoms with Crippen LogP contribution in [0.1, 0.15) is 25.0 Å². The Morgan fingerprint density at radius 3 is 0.961 bits per heavy atom. The van der Waals surface area contributed by atoms with E-state index >= 15 is 0 Å². The fraction of sp³-hybridized carbons (Fsp3) is 0.500. The van der Waals surface area contributed by atoms with E-state index in [4.69, 9.17) is 64.0 Å². The fourth-order valence-electron chi connectivity index (χ4n) is 3.70. The summed E-state index contributed by atoms with van der Waals surface area (Å²) in [5.41, 5.74) is 17.3. The first-order valence-electron chi connectivity index (χ1n) is 13.9. The monoisotopic (exact) mass is 836 g/mol. The molecule has 22 nitrogen and oxygen atoms in total. The number of nitrogens with one attached hydrogen (secondary N) is 2. The van der Waals surface area contributed by atoms with Gasteiger partial charge in [0.1, 0.15) is 0 Å². The number of nitrogen functional groups attached to an aromatic ring is 2. The molecule has 0 aliphatic heterocycles. The van der Waals surface area contributed by atoms with E-state index in [0.717, 1.165) is 59.5 Å². The lowest BCUT2D eigenvalue weighted by Crippen LogP contribution is -2.34. The van der Waals surface area contributed by atoms with Gasteiger partial charge in [0.15, 0.2) is 0 Å². The van der Waals surface area contributed by atoms with Crippen molar-refractivity contribution in [2.45, 2.75) is 27.7 Å². The Bertz CT molecular complexity index is 1700. The van der Waals surface area contributed by atoms with Crippen molar-refractivity contribution in [2.75, 3.05) is 73.0 Å². The molecule has 0 aromatic heterocycles. The van der Waals surface area contributed by atoms with E-state index in [1.165, 1.54) is 0 Å². The average Bonchev–Trinajstić information content (AvgIpc) is 2.86. The molecule has 0 amide bonds. The zero-order valence-corrected chi connectivity index (χ0v) is 32.6. The summed E-state index contributed by atoms with van der Waals surface area (Å²) in [6.45, 7) is 11.8. The van der Waals surface area contributed by atoms with Crippen LogP contribution in [0.4, 0.5) is 22.7 Å². The third-order valence-electron chi connectivity index (χ3n) is 5.38. The second-order valence-electron chi connectivity index (χ2n) is 9.93. The zero-order valence-electron chi connectivity index (χ0n) is 28.6. The molecule has 0 saturated carbocycles. The van der Waals surface area contributed by atoms with Gasteiger partial charge in [-0.1, -0.05) is 0 Å². The number of hydrogen-bond donors (Lipinski definition) is 10. The fourth-order valence-corrected chi connectivity index (χ4v) is 4.62. The first-order chi connectivity index (χ1) is 22.7. The smallest absolute Gasteiger partial charge is 0.394 e. The number of hydrogen-bond acceptors (Lipinski definition) is 14. The van der Waals surface area contributed by atoms with Gasteiger partial charge in [-0.05, 0) is 75.2 Å². The van der Waals surface area contributed by atoms with E-state index in [0.29, 0.717) is 26.2 Å². The second kappa shape index (κ2) is 23.6. The molecule has 0 fully saturated rings. The van der Waals surface area contributed by atoms with Crippen LogP contribution in [-0.4, -0.2) is 121 Å². The molecule has 0 saturated heterocycles. The van der Waals surface area contributed by atoms with Gasteiger partial charge in [0.05, 0.1) is 12.5 Å². The predicted molar refractivity (Wildman–Crippen MR) is 195 cm³/mol. The van der Waals surface area contributed by atoms with Crippen LogP contribution in [0.25, 0.3) is 0 Å². The van der Waals surface area contributed by atoms with Gasteiger partial charge in [-0.3, -0.25) is 27.3 Å². The Kier molecular flexibility index (Phi) is 24.3. The van der Waals surface area contributed by atoms with Gasteiger partial charge in [0.25, 0.3) is 0 Å². The van der Waals surface area contributed by atoms with Crippen molar-refractivity contribution in [1.29, 1.82) is 0 Å². The van der Waals surface area contributed by atoms with Crippen LogP contribution in [0.2, 0.25) is 0 Å². The van der Waals surface area contributed by atoms with Gasteiger partial charge in [-0.2, -0.15) is 25.3 Å². The Morgan fingerprint density at radius 1 is 0.549 bits per heavy atom. The third-order valence-corrected chi connectivity index (χ3v) is 6.84. The number of aryl methyl sites for hydroxylation is 2. The molecule has 27 heteroatoms. The van der Waals surface area contributed by atoms with Gasteiger partial charge in [-0.25, -0.2) is 26.3 Å². The maximum atomic E-state index is 11.0. The molecular weight excluding hydrogens is 789 g/mol. The Labute approximate surface area is 300 Å². The second-order valence-corrected chi connectivity index (χ2v) is 16.3. The van der Waals surface area contributed by atoms with Crippen molar-refractivity contribution in [2.24, 2.45) is 0 Å². The van der Waals surface area contributed by atoms with E-state index in [1.54, 1.807) is 0 Å². The largest absolute Gasteiger partial charge is 0.399 e. The van der Waals surface area contributed by atoms with Crippen LogP contribution in [0.3, 0.4) is 0 Å².